The molecule has 1 aromatic heterocycles. The minimum Gasteiger partial charge on any atom is -0.393 e. The van der Waals surface area contributed by atoms with E-state index in [1.807, 2.05) is 0 Å². The lowest BCUT2D eigenvalue weighted by Gasteiger charge is -2.44. The number of aliphatic hydroxyl groups is 1. The van der Waals surface area contributed by atoms with Crippen LogP contribution in [0.3, 0.4) is 0 Å². The number of amides is 2. The van der Waals surface area contributed by atoms with Crippen LogP contribution in [0.25, 0.3) is 0 Å². The lowest BCUT2D eigenvalue weighted by Crippen LogP contribution is -2.53. The summed E-state index contributed by atoms with van der Waals surface area (Å²) >= 11 is 0. The summed E-state index contributed by atoms with van der Waals surface area (Å²) in [6.07, 6.45) is 6.60. The monoisotopic (exact) mass is 374 g/mol. The molecule has 7 heteroatoms. The number of likely N-dealkylation sites (tertiary alicyclic amines) is 1. The molecule has 3 rings (SSSR count). The first-order valence-electron chi connectivity index (χ1n) is 9.87. The summed E-state index contributed by atoms with van der Waals surface area (Å²) in [7, 11) is 0. The minimum atomic E-state index is -0.629. The Balaban J connectivity index is 1.70. The number of nitrogen functional groups attached to an aromatic ring is 1. The number of aliphatic hydroxyl groups excluding tert-OH is 1. The van der Waals surface area contributed by atoms with Crippen LogP contribution in [0.15, 0.2) is 12.3 Å². The molecule has 1 saturated heterocycles. The lowest BCUT2D eigenvalue weighted by atomic mass is 9.77. The molecule has 1 aromatic rings. The van der Waals surface area contributed by atoms with Gasteiger partial charge in [0.15, 0.2) is 0 Å². The highest BCUT2D eigenvalue weighted by atomic mass is 16.3. The van der Waals surface area contributed by atoms with Gasteiger partial charge in [-0.3, -0.25) is 9.59 Å². The van der Waals surface area contributed by atoms with Crippen molar-refractivity contribution in [1.82, 2.24) is 9.88 Å². The minimum absolute atomic E-state index is 0.0817. The second kappa shape index (κ2) is 8.25. The highest BCUT2D eigenvalue weighted by Crippen LogP contribution is 2.35. The highest BCUT2D eigenvalue weighted by molar-refractivity contribution is 6.39. The topological polar surface area (TPSA) is 109 Å². The van der Waals surface area contributed by atoms with E-state index < -0.39 is 11.8 Å². The number of aromatic nitrogens is 1. The Kier molecular flexibility index (Phi) is 5.99. The molecule has 0 aromatic carbocycles. The molecule has 0 radical (unpaired) electrons. The summed E-state index contributed by atoms with van der Waals surface area (Å²) in [5.74, 6) is 0.0393. The number of nitrogens with zero attached hydrogens (tertiary/aromatic N) is 2. The van der Waals surface area contributed by atoms with Gasteiger partial charge in [0.2, 0.25) is 0 Å². The fourth-order valence-electron chi connectivity index (χ4n) is 4.35. The highest BCUT2D eigenvalue weighted by Gasteiger charge is 2.38. The van der Waals surface area contributed by atoms with Crippen LogP contribution in [0.4, 0.5) is 11.5 Å². The van der Waals surface area contributed by atoms with Gasteiger partial charge >= 0.3 is 11.8 Å². The first-order chi connectivity index (χ1) is 12.8. The molecule has 0 bridgehead atoms. The standard InChI is InChI=1S/C20H30N4O3/c1-12-3-8-17(14-4-6-16(25)7-5-14)24(11-12)20(27)19(26)23-15-9-13(2)18(21)22-10-15/h9-10,12,14,16-17,25H,3-8,11H2,1-2H3,(H2,21,22)(H,23,26)/t12-,14-,16+,17-/m0/s1. The number of carbonyl (C=O) groups is 2. The number of piperidine rings is 1. The van der Waals surface area contributed by atoms with Crippen LogP contribution in [-0.4, -0.2) is 45.5 Å². The average molecular weight is 374 g/mol. The molecule has 7 nitrogen and oxygen atoms in total. The van der Waals surface area contributed by atoms with E-state index in [0.717, 1.165) is 44.1 Å². The third-order valence-corrected chi connectivity index (χ3v) is 5.98. The third-order valence-electron chi connectivity index (χ3n) is 5.98. The van der Waals surface area contributed by atoms with Crippen molar-refractivity contribution in [3.63, 3.8) is 0 Å². The predicted octanol–water partition coefficient (Wildman–Crippen LogP) is 2.09. The molecular formula is C20H30N4O3. The van der Waals surface area contributed by atoms with Crippen LogP contribution in [0.2, 0.25) is 0 Å². The number of anilines is 2. The Morgan fingerprint density at radius 3 is 2.59 bits per heavy atom. The van der Waals surface area contributed by atoms with E-state index >= 15 is 0 Å². The number of carbonyl (C=O) groups excluding carboxylic acids is 2. The Morgan fingerprint density at radius 1 is 1.22 bits per heavy atom. The first kappa shape index (κ1) is 19.6. The van der Waals surface area contributed by atoms with Crippen molar-refractivity contribution in [2.24, 2.45) is 11.8 Å². The maximum absolute atomic E-state index is 12.9. The Morgan fingerprint density at radius 2 is 1.93 bits per heavy atom. The van der Waals surface area contributed by atoms with Gasteiger partial charge in [0.1, 0.15) is 5.82 Å². The van der Waals surface area contributed by atoms with Crippen molar-refractivity contribution in [3.8, 4) is 0 Å². The number of hydrogen-bond acceptors (Lipinski definition) is 5. The van der Waals surface area contributed by atoms with Crippen LogP contribution in [0.1, 0.15) is 51.0 Å². The normalized spacial score (nSPS) is 28.6. The zero-order chi connectivity index (χ0) is 19.6. The van der Waals surface area contributed by atoms with Gasteiger partial charge in [0.25, 0.3) is 0 Å². The van der Waals surface area contributed by atoms with E-state index in [-0.39, 0.29) is 12.1 Å². The van der Waals surface area contributed by atoms with Crippen LogP contribution in [0.5, 0.6) is 0 Å². The summed E-state index contributed by atoms with van der Waals surface area (Å²) in [6.45, 7) is 4.53. The van der Waals surface area contributed by atoms with E-state index in [9.17, 15) is 14.7 Å². The van der Waals surface area contributed by atoms with E-state index in [2.05, 4.69) is 17.2 Å². The van der Waals surface area contributed by atoms with Gasteiger partial charge in [-0.2, -0.15) is 0 Å². The SMILES string of the molecule is Cc1cc(NC(=O)C(=O)N2C[C@@H](C)CC[C@H]2[C@H]2CC[C@@H](O)CC2)cnc1N. The summed E-state index contributed by atoms with van der Waals surface area (Å²) in [6, 6.07) is 1.80. The Labute approximate surface area is 160 Å². The number of pyridine rings is 1. The Bertz CT molecular complexity index is 700. The predicted molar refractivity (Wildman–Crippen MR) is 104 cm³/mol. The molecule has 0 unspecified atom stereocenters. The first-order valence-corrected chi connectivity index (χ1v) is 9.87. The molecule has 2 heterocycles. The third kappa shape index (κ3) is 4.58. The average Bonchev–Trinajstić information content (AvgIpc) is 2.65. The van der Waals surface area contributed by atoms with Crippen molar-refractivity contribution >= 4 is 23.3 Å². The van der Waals surface area contributed by atoms with Crippen LogP contribution >= 0.6 is 0 Å². The molecule has 1 aliphatic heterocycles. The largest absolute Gasteiger partial charge is 0.393 e. The molecule has 148 valence electrons. The van der Waals surface area contributed by atoms with Crippen molar-refractivity contribution in [1.29, 1.82) is 0 Å². The van der Waals surface area contributed by atoms with Crippen LogP contribution in [0, 0.1) is 18.8 Å². The molecule has 27 heavy (non-hydrogen) atoms. The van der Waals surface area contributed by atoms with Gasteiger partial charge in [-0.15, -0.1) is 0 Å². The summed E-state index contributed by atoms with van der Waals surface area (Å²) in [5.41, 5.74) is 6.93. The molecule has 2 atom stereocenters. The van der Waals surface area contributed by atoms with E-state index in [1.54, 1.807) is 17.9 Å². The van der Waals surface area contributed by atoms with Crippen molar-refractivity contribution in [2.75, 3.05) is 17.6 Å². The molecule has 1 saturated carbocycles. The summed E-state index contributed by atoms with van der Waals surface area (Å²) in [4.78, 5) is 31.3. The van der Waals surface area contributed by atoms with Crippen molar-refractivity contribution in [2.45, 2.75) is 64.5 Å². The van der Waals surface area contributed by atoms with Gasteiger partial charge in [0, 0.05) is 12.6 Å². The van der Waals surface area contributed by atoms with E-state index in [0.29, 0.717) is 29.9 Å². The maximum Gasteiger partial charge on any atom is 0.313 e. The fourth-order valence-corrected chi connectivity index (χ4v) is 4.35. The number of hydrogen-bond donors (Lipinski definition) is 3. The molecule has 2 aliphatic rings. The second-order valence-electron chi connectivity index (χ2n) is 8.16. The quantitative estimate of drug-likeness (QED) is 0.687. The molecule has 4 N–H and O–H groups in total. The smallest absolute Gasteiger partial charge is 0.313 e. The number of nitrogens with two attached hydrogens (primary N) is 1. The zero-order valence-corrected chi connectivity index (χ0v) is 16.1. The van der Waals surface area contributed by atoms with Gasteiger partial charge in [-0.25, -0.2) is 4.98 Å². The fraction of sp³-hybridized carbons (Fsp3) is 0.650. The van der Waals surface area contributed by atoms with Gasteiger partial charge < -0.3 is 21.1 Å². The maximum atomic E-state index is 12.9. The van der Waals surface area contributed by atoms with Gasteiger partial charge in [0.05, 0.1) is 18.0 Å². The second-order valence-corrected chi connectivity index (χ2v) is 8.16. The molecule has 2 amide bonds. The van der Waals surface area contributed by atoms with Crippen molar-refractivity contribution < 1.29 is 14.7 Å². The zero-order valence-electron chi connectivity index (χ0n) is 16.1. The van der Waals surface area contributed by atoms with Crippen LogP contribution < -0.4 is 11.1 Å². The summed E-state index contributed by atoms with van der Waals surface area (Å²) in [5, 5.41) is 12.4. The molecule has 0 spiro atoms. The van der Waals surface area contributed by atoms with Crippen LogP contribution in [-0.2, 0) is 9.59 Å². The van der Waals surface area contributed by atoms with Gasteiger partial charge in [-0.1, -0.05) is 6.92 Å². The number of aryl methyl sites for hydroxylation is 1. The molecule has 1 aliphatic carbocycles. The van der Waals surface area contributed by atoms with E-state index in [4.69, 9.17) is 5.73 Å². The van der Waals surface area contributed by atoms with Gasteiger partial charge in [-0.05, 0) is 68.9 Å². The summed E-state index contributed by atoms with van der Waals surface area (Å²) < 4.78 is 0. The molecular weight excluding hydrogens is 344 g/mol. The lowest BCUT2D eigenvalue weighted by molar-refractivity contribution is -0.148. The van der Waals surface area contributed by atoms with E-state index in [1.165, 1.54) is 6.20 Å². The molecule has 2 fully saturated rings. The number of nitrogens with one attached hydrogen (secondary N) is 1. The van der Waals surface area contributed by atoms with Crippen molar-refractivity contribution in [3.05, 3.63) is 17.8 Å². The Hall–Kier alpha value is -2.15. The number of rotatable bonds is 2.